The van der Waals surface area contributed by atoms with Crippen molar-refractivity contribution >= 4 is 11.7 Å². The van der Waals surface area contributed by atoms with E-state index in [2.05, 4.69) is 15.2 Å². The molecule has 1 saturated heterocycles. The number of piperidine rings is 1. The second kappa shape index (κ2) is 5.75. The molecule has 0 bridgehead atoms. The number of nitrogens with one attached hydrogen (secondary N) is 1. The number of aromatic nitrogens is 1. The SMILES string of the molecule is O=C(NC1CCN(c2ccccn2)CC1)C(F)F. The first-order valence-electron chi connectivity index (χ1n) is 5.91. The van der Waals surface area contributed by atoms with Gasteiger partial charge >= 0.3 is 6.43 Å². The number of pyridine rings is 1. The van der Waals surface area contributed by atoms with Crippen molar-refractivity contribution in [3.05, 3.63) is 24.4 Å². The zero-order valence-electron chi connectivity index (χ0n) is 9.85. The zero-order chi connectivity index (χ0) is 13.0. The highest BCUT2D eigenvalue weighted by Crippen LogP contribution is 2.17. The molecular weight excluding hydrogens is 240 g/mol. The molecule has 1 aliphatic rings. The van der Waals surface area contributed by atoms with Gasteiger partial charge in [-0.25, -0.2) is 4.98 Å². The number of halogens is 2. The first-order chi connectivity index (χ1) is 8.66. The fourth-order valence-electron chi connectivity index (χ4n) is 2.06. The van der Waals surface area contributed by atoms with Gasteiger partial charge in [0.05, 0.1) is 0 Å². The van der Waals surface area contributed by atoms with E-state index in [4.69, 9.17) is 0 Å². The topological polar surface area (TPSA) is 45.2 Å². The Morgan fingerprint density at radius 1 is 1.39 bits per heavy atom. The zero-order valence-corrected chi connectivity index (χ0v) is 9.85. The third-order valence-corrected chi connectivity index (χ3v) is 3.01. The Labute approximate surface area is 104 Å². The van der Waals surface area contributed by atoms with Gasteiger partial charge in [-0.15, -0.1) is 0 Å². The third kappa shape index (κ3) is 3.15. The molecule has 0 spiro atoms. The number of rotatable bonds is 3. The highest BCUT2D eigenvalue weighted by Gasteiger charge is 2.24. The highest BCUT2D eigenvalue weighted by atomic mass is 19.3. The van der Waals surface area contributed by atoms with Crippen LogP contribution in [0.1, 0.15) is 12.8 Å². The van der Waals surface area contributed by atoms with Crippen molar-refractivity contribution in [2.24, 2.45) is 0 Å². The van der Waals surface area contributed by atoms with Gasteiger partial charge in [0.15, 0.2) is 0 Å². The Morgan fingerprint density at radius 2 is 2.11 bits per heavy atom. The molecule has 1 aliphatic heterocycles. The van der Waals surface area contributed by atoms with E-state index >= 15 is 0 Å². The van der Waals surface area contributed by atoms with Crippen LogP contribution in [0, 0.1) is 0 Å². The average molecular weight is 255 g/mol. The van der Waals surface area contributed by atoms with Crippen molar-refractivity contribution in [2.45, 2.75) is 25.3 Å². The monoisotopic (exact) mass is 255 g/mol. The van der Waals surface area contributed by atoms with Crippen LogP contribution in [0.3, 0.4) is 0 Å². The van der Waals surface area contributed by atoms with Crippen molar-refractivity contribution < 1.29 is 13.6 Å². The van der Waals surface area contributed by atoms with E-state index in [0.29, 0.717) is 25.9 Å². The lowest BCUT2D eigenvalue weighted by Crippen LogP contribution is -2.46. The van der Waals surface area contributed by atoms with Crippen LogP contribution in [-0.2, 0) is 4.79 Å². The van der Waals surface area contributed by atoms with Crippen LogP contribution in [0.4, 0.5) is 14.6 Å². The Bertz CT molecular complexity index is 392. The first-order valence-corrected chi connectivity index (χ1v) is 5.91. The third-order valence-electron chi connectivity index (χ3n) is 3.01. The van der Waals surface area contributed by atoms with Gasteiger partial charge in [-0.1, -0.05) is 6.07 Å². The van der Waals surface area contributed by atoms with Gasteiger partial charge in [-0.2, -0.15) is 8.78 Å². The molecule has 1 aromatic rings. The van der Waals surface area contributed by atoms with Crippen molar-refractivity contribution in [1.29, 1.82) is 0 Å². The van der Waals surface area contributed by atoms with Crippen LogP contribution in [0.2, 0.25) is 0 Å². The lowest BCUT2D eigenvalue weighted by molar-refractivity contribution is -0.132. The maximum atomic E-state index is 12.1. The molecule has 0 saturated carbocycles. The maximum Gasteiger partial charge on any atom is 0.315 e. The summed E-state index contributed by atoms with van der Waals surface area (Å²) in [5.74, 6) is -0.289. The molecule has 1 N–H and O–H groups in total. The van der Waals surface area contributed by atoms with Crippen molar-refractivity contribution in [1.82, 2.24) is 10.3 Å². The normalized spacial score (nSPS) is 16.9. The predicted octanol–water partition coefficient (Wildman–Crippen LogP) is 1.43. The van der Waals surface area contributed by atoms with E-state index in [1.165, 1.54) is 0 Å². The van der Waals surface area contributed by atoms with Gasteiger partial charge in [0.2, 0.25) is 0 Å². The summed E-state index contributed by atoms with van der Waals surface area (Å²) >= 11 is 0. The summed E-state index contributed by atoms with van der Waals surface area (Å²) in [5.41, 5.74) is 0. The van der Waals surface area contributed by atoms with Gasteiger partial charge < -0.3 is 10.2 Å². The van der Waals surface area contributed by atoms with Gasteiger partial charge in [0, 0.05) is 25.3 Å². The number of carbonyl (C=O) groups excluding carboxylic acids is 1. The average Bonchev–Trinajstić information content (AvgIpc) is 2.40. The second-order valence-electron chi connectivity index (χ2n) is 4.26. The molecule has 18 heavy (non-hydrogen) atoms. The van der Waals surface area contributed by atoms with Gasteiger partial charge in [-0.3, -0.25) is 4.79 Å². The summed E-state index contributed by atoms with van der Waals surface area (Å²) in [6.45, 7) is 1.43. The van der Waals surface area contributed by atoms with Gasteiger partial charge in [0.1, 0.15) is 5.82 Å². The van der Waals surface area contributed by atoms with Gasteiger partial charge in [-0.05, 0) is 25.0 Å². The summed E-state index contributed by atoms with van der Waals surface area (Å²) in [5, 5.41) is 2.35. The largest absolute Gasteiger partial charge is 0.356 e. The smallest absolute Gasteiger partial charge is 0.315 e. The van der Waals surface area contributed by atoms with Crippen molar-refractivity contribution in [3.8, 4) is 0 Å². The number of carbonyl (C=O) groups is 1. The van der Waals surface area contributed by atoms with E-state index in [1.54, 1.807) is 6.20 Å². The maximum absolute atomic E-state index is 12.1. The summed E-state index contributed by atoms with van der Waals surface area (Å²) in [4.78, 5) is 17.2. The molecule has 2 rings (SSSR count). The first kappa shape index (κ1) is 12.7. The molecule has 1 amide bonds. The van der Waals surface area contributed by atoms with E-state index < -0.39 is 12.3 Å². The summed E-state index contributed by atoms with van der Waals surface area (Å²) in [6, 6.07) is 5.51. The number of hydrogen-bond acceptors (Lipinski definition) is 3. The minimum Gasteiger partial charge on any atom is -0.356 e. The lowest BCUT2D eigenvalue weighted by Gasteiger charge is -2.33. The molecule has 0 aromatic carbocycles. The molecule has 2 heterocycles. The molecular formula is C12H15F2N3O. The van der Waals surface area contributed by atoms with Gasteiger partial charge in [0.25, 0.3) is 5.91 Å². The Hall–Kier alpha value is -1.72. The number of hydrogen-bond donors (Lipinski definition) is 1. The van der Waals surface area contributed by atoms with Crippen LogP contribution in [0.15, 0.2) is 24.4 Å². The minimum atomic E-state index is -2.93. The molecule has 1 aromatic heterocycles. The summed E-state index contributed by atoms with van der Waals surface area (Å²) in [7, 11) is 0. The number of alkyl halides is 2. The van der Waals surface area contributed by atoms with Crippen LogP contribution >= 0.6 is 0 Å². The van der Waals surface area contributed by atoms with E-state index in [0.717, 1.165) is 5.82 Å². The summed E-state index contributed by atoms with van der Waals surface area (Å²) in [6.07, 6.45) is 0.114. The fourth-order valence-corrected chi connectivity index (χ4v) is 2.06. The van der Waals surface area contributed by atoms with E-state index in [-0.39, 0.29) is 6.04 Å². The fraction of sp³-hybridized carbons (Fsp3) is 0.500. The number of nitrogens with zero attached hydrogens (tertiary/aromatic N) is 2. The molecule has 6 heteroatoms. The van der Waals surface area contributed by atoms with E-state index in [1.807, 2.05) is 18.2 Å². The predicted molar refractivity (Wildman–Crippen MR) is 63.6 cm³/mol. The number of anilines is 1. The minimum absolute atomic E-state index is 0.161. The van der Waals surface area contributed by atoms with Crippen molar-refractivity contribution in [3.63, 3.8) is 0 Å². The molecule has 98 valence electrons. The Morgan fingerprint density at radius 3 is 2.67 bits per heavy atom. The van der Waals surface area contributed by atoms with Crippen LogP contribution in [0.5, 0.6) is 0 Å². The summed E-state index contributed by atoms with van der Waals surface area (Å²) < 4.78 is 24.2. The molecule has 0 aliphatic carbocycles. The quantitative estimate of drug-likeness (QED) is 0.888. The van der Waals surface area contributed by atoms with E-state index in [9.17, 15) is 13.6 Å². The molecule has 0 unspecified atom stereocenters. The Kier molecular flexibility index (Phi) is 4.07. The molecule has 1 fully saturated rings. The molecule has 4 nitrogen and oxygen atoms in total. The van der Waals surface area contributed by atoms with Crippen LogP contribution < -0.4 is 10.2 Å². The van der Waals surface area contributed by atoms with Crippen molar-refractivity contribution in [2.75, 3.05) is 18.0 Å². The lowest BCUT2D eigenvalue weighted by atomic mass is 10.1. The van der Waals surface area contributed by atoms with Crippen LogP contribution in [0.25, 0.3) is 0 Å². The number of amides is 1. The highest BCUT2D eigenvalue weighted by molar-refractivity contribution is 5.79. The van der Waals surface area contributed by atoms with Crippen LogP contribution in [-0.4, -0.2) is 36.4 Å². The molecule has 0 radical (unpaired) electrons. The second-order valence-corrected chi connectivity index (χ2v) is 4.26. The Balaban J connectivity index is 1.83. The standard InChI is InChI=1S/C12H15F2N3O/c13-11(14)12(18)16-9-4-7-17(8-5-9)10-3-1-2-6-15-10/h1-3,6,9,11H,4-5,7-8H2,(H,16,18). The molecule has 0 atom stereocenters.